The molecule has 4 aliphatic rings. The second-order valence-corrected chi connectivity index (χ2v) is 16.4. The van der Waals surface area contributed by atoms with Crippen molar-refractivity contribution >= 4 is 52.2 Å². The minimum absolute atomic E-state index is 0.0164. The molecule has 0 bridgehead atoms. The van der Waals surface area contributed by atoms with Crippen molar-refractivity contribution in [2.75, 3.05) is 30.3 Å². The number of rotatable bonds is 16. The molecule has 4 N–H and O–H groups in total. The number of unbranched alkanes of at least 4 members (excludes halogenated alkanes) is 6. The molecule has 0 radical (unpaired) electrons. The first-order valence-electron chi connectivity index (χ1n) is 20.9. The Balaban J connectivity index is 0.791. The fraction of sp³-hybridized carbons (Fsp3) is 0.571. The van der Waals surface area contributed by atoms with Gasteiger partial charge in [0.05, 0.1) is 28.3 Å². The van der Waals surface area contributed by atoms with Gasteiger partial charge in [-0.25, -0.2) is 13.8 Å². The number of fused-ring (bicyclic) bond motifs is 2. The Labute approximate surface area is 340 Å². The predicted molar refractivity (Wildman–Crippen MR) is 214 cm³/mol. The Bertz CT molecular complexity index is 2170. The highest BCUT2D eigenvalue weighted by Crippen LogP contribution is 2.40. The van der Waals surface area contributed by atoms with Crippen LogP contribution in [0.3, 0.4) is 0 Å². The number of amides is 5. The molecule has 7 rings (SSSR count). The number of aliphatic hydroxyl groups is 1. The summed E-state index contributed by atoms with van der Waals surface area (Å²) in [5.41, 5.74) is -1.45. The Kier molecular flexibility index (Phi) is 12.7. The predicted octanol–water partition coefficient (Wildman–Crippen LogP) is 5.24. The molecule has 2 aromatic heterocycles. The summed E-state index contributed by atoms with van der Waals surface area (Å²) < 4.78 is 28.9. The lowest BCUT2D eigenvalue weighted by molar-refractivity contribution is -0.136. The Morgan fingerprint density at radius 2 is 1.71 bits per heavy atom. The van der Waals surface area contributed by atoms with Gasteiger partial charge in [-0.1, -0.05) is 38.2 Å². The van der Waals surface area contributed by atoms with Crippen LogP contribution in [0.15, 0.2) is 35.3 Å². The van der Waals surface area contributed by atoms with E-state index in [1.165, 1.54) is 10.8 Å². The number of carbonyl (C=O) groups excluding carboxylic acids is 5. The lowest BCUT2D eigenvalue weighted by atomic mass is 9.99. The van der Waals surface area contributed by atoms with Gasteiger partial charge in [0.25, 0.3) is 23.8 Å². The number of carbonyl (C=O) groups is 5. The van der Waals surface area contributed by atoms with E-state index in [0.717, 1.165) is 55.9 Å². The molecule has 1 unspecified atom stereocenters. The summed E-state index contributed by atoms with van der Waals surface area (Å²) >= 11 is 0. The van der Waals surface area contributed by atoms with Gasteiger partial charge in [0, 0.05) is 55.8 Å². The number of hydrogen-bond donors (Lipinski definition) is 4. The van der Waals surface area contributed by atoms with Crippen LogP contribution < -0.4 is 21.5 Å². The average molecular weight is 819 g/mol. The topological polar surface area (TPSA) is 196 Å². The quantitative estimate of drug-likeness (QED) is 0.109. The highest BCUT2D eigenvalue weighted by Gasteiger charge is 2.46. The molecule has 1 aromatic carbocycles. The van der Waals surface area contributed by atoms with Gasteiger partial charge in [0.1, 0.15) is 11.7 Å². The molecular formula is C42H52F2N8O7. The Morgan fingerprint density at radius 1 is 0.983 bits per heavy atom. The molecule has 3 aliphatic heterocycles. The van der Waals surface area contributed by atoms with E-state index in [1.54, 1.807) is 25.1 Å². The lowest BCUT2D eigenvalue weighted by Crippen LogP contribution is -2.54. The summed E-state index contributed by atoms with van der Waals surface area (Å²) in [6.07, 6.45) is 8.77. The minimum atomic E-state index is -2.97. The van der Waals surface area contributed by atoms with Crippen molar-refractivity contribution < 1.29 is 37.9 Å². The molecular weight excluding hydrogens is 767 g/mol. The van der Waals surface area contributed by atoms with E-state index in [2.05, 4.69) is 25.9 Å². The molecule has 17 heteroatoms. The van der Waals surface area contributed by atoms with Gasteiger partial charge in [-0.3, -0.25) is 43.6 Å². The summed E-state index contributed by atoms with van der Waals surface area (Å²) in [4.78, 5) is 88.3. The third-order valence-corrected chi connectivity index (χ3v) is 12.3. The van der Waals surface area contributed by atoms with Crippen LogP contribution in [0.2, 0.25) is 0 Å². The summed E-state index contributed by atoms with van der Waals surface area (Å²) in [7, 11) is 0. The van der Waals surface area contributed by atoms with Crippen LogP contribution >= 0.6 is 0 Å². The number of alkyl halides is 2. The van der Waals surface area contributed by atoms with Gasteiger partial charge >= 0.3 is 0 Å². The number of anilines is 2. The molecule has 316 valence electrons. The zero-order valence-corrected chi connectivity index (χ0v) is 33.3. The van der Waals surface area contributed by atoms with Gasteiger partial charge in [0.15, 0.2) is 0 Å². The molecule has 5 amide bonds. The largest absolute Gasteiger partial charge is 0.388 e. The summed E-state index contributed by atoms with van der Waals surface area (Å²) in [5, 5.41) is 20.1. The molecule has 3 aromatic rings. The van der Waals surface area contributed by atoms with E-state index in [9.17, 15) is 42.7 Å². The first-order chi connectivity index (χ1) is 28.3. The lowest BCUT2D eigenvalue weighted by Gasteiger charge is -2.32. The molecule has 15 nitrogen and oxygen atoms in total. The van der Waals surface area contributed by atoms with E-state index < -0.39 is 58.9 Å². The average Bonchev–Trinajstić information content (AvgIpc) is 3.69. The molecule has 1 aliphatic carbocycles. The standard InChI is InChI=1S/C42H52F2N8O7/c1-42(59)19-10-13-31(42)52-36-25(23-28(35(43)44)39(52)57)24-46-41(49-36)47-26-17-21-50(22-18-26)33(54)14-7-5-3-2-4-6-8-20-45-29-12-9-11-27-34(29)40(58)51(38(27)56)30-15-16-32(53)48-37(30)55/h9,11-12,23-24,26,30-31,35,45,59H,2-8,10,13-22H2,1H3,(H,46,47,49)(H,48,53,55)/t30?,31-,42-/m1/s1. The van der Waals surface area contributed by atoms with Crippen molar-refractivity contribution in [1.29, 1.82) is 0 Å². The normalized spacial score (nSPS) is 22.4. The number of nitrogens with zero attached hydrogens (tertiary/aromatic N) is 5. The van der Waals surface area contributed by atoms with E-state index in [0.29, 0.717) is 69.2 Å². The SMILES string of the molecule is C[C@@]1(O)CCC[C@H]1n1c(=O)c(C(F)F)cc2cnc(NC3CCN(C(=O)CCCCCCCCCNc4cccc5c4C(=O)N(C4CCC(=O)NC4=O)C5=O)CC3)nc21. The third-order valence-electron chi connectivity index (χ3n) is 12.3. The van der Waals surface area contributed by atoms with Gasteiger partial charge in [-0.2, -0.15) is 4.98 Å². The van der Waals surface area contributed by atoms with Crippen LogP contribution in [-0.2, 0) is 14.4 Å². The van der Waals surface area contributed by atoms with E-state index in [-0.39, 0.29) is 47.5 Å². The molecule has 0 spiro atoms. The molecule has 3 fully saturated rings. The van der Waals surface area contributed by atoms with Crippen LogP contribution in [0.5, 0.6) is 0 Å². The molecule has 3 atom stereocenters. The Hall–Kier alpha value is -5.32. The fourth-order valence-corrected chi connectivity index (χ4v) is 8.98. The number of nitrogens with one attached hydrogen (secondary N) is 3. The maximum Gasteiger partial charge on any atom is 0.269 e. The Morgan fingerprint density at radius 3 is 2.41 bits per heavy atom. The monoisotopic (exact) mass is 818 g/mol. The van der Waals surface area contributed by atoms with Crippen LogP contribution in [0.4, 0.5) is 20.4 Å². The molecule has 59 heavy (non-hydrogen) atoms. The summed E-state index contributed by atoms with van der Waals surface area (Å²) in [5.74, 6) is -1.71. The van der Waals surface area contributed by atoms with Crippen molar-refractivity contribution in [2.24, 2.45) is 0 Å². The number of likely N-dealkylation sites (tertiary alicyclic amines) is 1. The second kappa shape index (κ2) is 17.9. The third kappa shape index (κ3) is 8.99. The zero-order chi connectivity index (χ0) is 41.8. The molecule has 1 saturated carbocycles. The number of hydrogen-bond acceptors (Lipinski definition) is 11. The van der Waals surface area contributed by atoms with E-state index >= 15 is 0 Å². The number of imide groups is 2. The number of pyridine rings is 1. The maximum atomic E-state index is 13.8. The zero-order valence-electron chi connectivity index (χ0n) is 33.3. The summed E-state index contributed by atoms with van der Waals surface area (Å²) in [6, 6.07) is 4.47. The van der Waals surface area contributed by atoms with E-state index in [4.69, 9.17) is 0 Å². The maximum absolute atomic E-state index is 13.8. The highest BCUT2D eigenvalue weighted by molar-refractivity contribution is 6.25. The van der Waals surface area contributed by atoms with Crippen molar-refractivity contribution in [1.82, 2.24) is 29.7 Å². The number of benzene rings is 1. The van der Waals surface area contributed by atoms with Gasteiger partial charge in [-0.05, 0) is 76.5 Å². The van der Waals surface area contributed by atoms with Gasteiger partial charge in [0.2, 0.25) is 23.7 Å². The van der Waals surface area contributed by atoms with E-state index in [1.807, 2.05) is 4.90 Å². The van der Waals surface area contributed by atoms with Crippen molar-refractivity contribution in [3.8, 4) is 0 Å². The van der Waals surface area contributed by atoms with Crippen molar-refractivity contribution in [2.45, 2.75) is 133 Å². The fourth-order valence-electron chi connectivity index (χ4n) is 8.98. The van der Waals surface area contributed by atoms with Gasteiger partial charge < -0.3 is 20.6 Å². The smallest absolute Gasteiger partial charge is 0.269 e. The number of piperidine rings is 2. The number of halogens is 2. The first kappa shape index (κ1) is 41.8. The van der Waals surface area contributed by atoms with Crippen molar-refractivity contribution in [3.05, 3.63) is 57.5 Å². The van der Waals surface area contributed by atoms with Crippen LogP contribution in [0.1, 0.15) is 142 Å². The van der Waals surface area contributed by atoms with Crippen LogP contribution in [0.25, 0.3) is 11.0 Å². The van der Waals surface area contributed by atoms with Crippen LogP contribution in [-0.4, -0.2) is 96.3 Å². The molecule has 5 heterocycles. The first-order valence-corrected chi connectivity index (χ1v) is 20.9. The van der Waals surface area contributed by atoms with Crippen LogP contribution in [0, 0.1) is 0 Å². The summed E-state index contributed by atoms with van der Waals surface area (Å²) in [6.45, 7) is 3.40. The minimum Gasteiger partial charge on any atom is -0.388 e. The number of aromatic nitrogens is 3. The highest BCUT2D eigenvalue weighted by atomic mass is 19.3. The molecule has 2 saturated heterocycles. The van der Waals surface area contributed by atoms with Crippen molar-refractivity contribution in [3.63, 3.8) is 0 Å². The van der Waals surface area contributed by atoms with Gasteiger partial charge in [-0.15, -0.1) is 0 Å². The second-order valence-electron chi connectivity index (χ2n) is 16.4.